The number of hydrogen-bond donors (Lipinski definition) is 1. The Morgan fingerprint density at radius 3 is 2.12 bits per heavy atom. The molecule has 144 valence electrons. The lowest BCUT2D eigenvalue weighted by Crippen LogP contribution is -2.20. The Kier molecular flexibility index (Phi) is 13.4. The first-order valence-electron chi connectivity index (χ1n) is 10.7. The SMILES string of the molecule is CCCCCCCCNC(C)c1ccccc1OCCCCCCC. The molecule has 1 aromatic rings. The summed E-state index contributed by atoms with van der Waals surface area (Å²) in [5.41, 5.74) is 1.29. The summed E-state index contributed by atoms with van der Waals surface area (Å²) in [5, 5.41) is 3.67. The zero-order valence-electron chi connectivity index (χ0n) is 17.0. The van der Waals surface area contributed by atoms with Crippen molar-refractivity contribution >= 4 is 0 Å². The van der Waals surface area contributed by atoms with E-state index in [0.29, 0.717) is 6.04 Å². The van der Waals surface area contributed by atoms with Gasteiger partial charge in [0, 0.05) is 11.6 Å². The third-order valence-corrected chi connectivity index (χ3v) is 4.87. The van der Waals surface area contributed by atoms with Crippen molar-refractivity contribution in [1.29, 1.82) is 0 Å². The summed E-state index contributed by atoms with van der Waals surface area (Å²) in [6.07, 6.45) is 14.5. The number of nitrogens with one attached hydrogen (secondary N) is 1. The molecule has 1 atom stereocenters. The maximum atomic E-state index is 6.07. The van der Waals surface area contributed by atoms with Crippen LogP contribution in [0.15, 0.2) is 24.3 Å². The second-order valence-corrected chi connectivity index (χ2v) is 7.24. The number of ether oxygens (including phenoxy) is 1. The quantitative estimate of drug-likeness (QED) is 0.324. The van der Waals surface area contributed by atoms with E-state index in [4.69, 9.17) is 4.74 Å². The van der Waals surface area contributed by atoms with Gasteiger partial charge in [0.25, 0.3) is 0 Å². The fourth-order valence-corrected chi connectivity index (χ4v) is 3.19. The predicted molar refractivity (Wildman–Crippen MR) is 110 cm³/mol. The van der Waals surface area contributed by atoms with E-state index >= 15 is 0 Å². The average Bonchev–Trinajstić information content (AvgIpc) is 2.64. The molecular weight excluding hydrogens is 306 g/mol. The molecular formula is C23H41NO. The number of benzene rings is 1. The molecule has 1 N–H and O–H groups in total. The number of unbranched alkanes of at least 4 members (excludes halogenated alkanes) is 9. The molecule has 2 nitrogen and oxygen atoms in total. The second kappa shape index (κ2) is 15.3. The van der Waals surface area contributed by atoms with Crippen molar-refractivity contribution in [2.24, 2.45) is 0 Å². The number of rotatable bonds is 16. The summed E-state index contributed by atoms with van der Waals surface area (Å²) in [6, 6.07) is 8.87. The molecule has 0 amide bonds. The maximum absolute atomic E-state index is 6.07. The Morgan fingerprint density at radius 1 is 0.800 bits per heavy atom. The molecule has 1 unspecified atom stereocenters. The molecule has 0 aliphatic heterocycles. The van der Waals surface area contributed by atoms with Crippen LogP contribution in [0.3, 0.4) is 0 Å². The molecule has 0 saturated carbocycles. The highest BCUT2D eigenvalue weighted by atomic mass is 16.5. The second-order valence-electron chi connectivity index (χ2n) is 7.24. The van der Waals surface area contributed by atoms with Crippen molar-refractivity contribution in [3.8, 4) is 5.75 Å². The Bertz CT molecular complexity index is 418. The van der Waals surface area contributed by atoms with E-state index in [0.717, 1.165) is 25.3 Å². The van der Waals surface area contributed by atoms with E-state index in [1.807, 2.05) is 0 Å². The van der Waals surface area contributed by atoms with Crippen molar-refractivity contribution in [3.63, 3.8) is 0 Å². The van der Waals surface area contributed by atoms with Crippen LogP contribution in [0.25, 0.3) is 0 Å². The van der Waals surface area contributed by atoms with Crippen molar-refractivity contribution in [2.75, 3.05) is 13.2 Å². The van der Waals surface area contributed by atoms with Crippen LogP contribution < -0.4 is 10.1 Å². The molecule has 25 heavy (non-hydrogen) atoms. The zero-order chi connectivity index (χ0) is 18.2. The first kappa shape index (κ1) is 22.0. The van der Waals surface area contributed by atoms with Crippen LogP contribution in [0.5, 0.6) is 5.75 Å². The van der Waals surface area contributed by atoms with Gasteiger partial charge in [-0.1, -0.05) is 89.8 Å². The van der Waals surface area contributed by atoms with Gasteiger partial charge in [0.05, 0.1) is 6.61 Å². The minimum atomic E-state index is 0.354. The van der Waals surface area contributed by atoms with Crippen molar-refractivity contribution in [1.82, 2.24) is 5.32 Å². The van der Waals surface area contributed by atoms with Crippen LogP contribution in [0.1, 0.15) is 103 Å². The molecule has 0 saturated heterocycles. The Labute approximate surface area is 156 Å². The van der Waals surface area contributed by atoms with Gasteiger partial charge in [0.1, 0.15) is 5.75 Å². The van der Waals surface area contributed by atoms with E-state index in [2.05, 4.69) is 50.4 Å². The van der Waals surface area contributed by atoms with Gasteiger partial charge in [0.2, 0.25) is 0 Å². The highest BCUT2D eigenvalue weighted by Gasteiger charge is 2.10. The fourth-order valence-electron chi connectivity index (χ4n) is 3.19. The number of para-hydroxylation sites is 1. The normalized spacial score (nSPS) is 12.3. The molecule has 0 aliphatic rings. The van der Waals surface area contributed by atoms with Gasteiger partial charge in [-0.2, -0.15) is 0 Å². The summed E-state index contributed by atoms with van der Waals surface area (Å²) < 4.78 is 6.07. The van der Waals surface area contributed by atoms with Gasteiger partial charge in [0.15, 0.2) is 0 Å². The van der Waals surface area contributed by atoms with Crippen LogP contribution in [0.2, 0.25) is 0 Å². The monoisotopic (exact) mass is 347 g/mol. The van der Waals surface area contributed by atoms with Gasteiger partial charge in [-0.3, -0.25) is 0 Å². The molecule has 2 heteroatoms. The lowest BCUT2D eigenvalue weighted by atomic mass is 10.1. The summed E-state index contributed by atoms with van der Waals surface area (Å²) in [7, 11) is 0. The molecule has 1 aromatic carbocycles. The molecule has 1 rings (SSSR count). The van der Waals surface area contributed by atoms with E-state index in [9.17, 15) is 0 Å². The van der Waals surface area contributed by atoms with Gasteiger partial charge >= 0.3 is 0 Å². The van der Waals surface area contributed by atoms with E-state index in [-0.39, 0.29) is 0 Å². The Hall–Kier alpha value is -1.02. The lowest BCUT2D eigenvalue weighted by molar-refractivity contribution is 0.298. The summed E-state index contributed by atoms with van der Waals surface area (Å²) >= 11 is 0. The molecule has 0 bridgehead atoms. The highest BCUT2D eigenvalue weighted by molar-refractivity contribution is 5.35. The molecule has 0 spiro atoms. The van der Waals surface area contributed by atoms with Crippen molar-refractivity contribution < 1.29 is 4.74 Å². The van der Waals surface area contributed by atoms with E-state index in [1.165, 1.54) is 69.8 Å². The molecule has 0 aromatic heterocycles. The largest absolute Gasteiger partial charge is 0.493 e. The third kappa shape index (κ3) is 10.5. The third-order valence-electron chi connectivity index (χ3n) is 4.87. The Morgan fingerprint density at radius 2 is 1.40 bits per heavy atom. The van der Waals surface area contributed by atoms with Gasteiger partial charge < -0.3 is 10.1 Å². The number of hydrogen-bond acceptors (Lipinski definition) is 2. The fraction of sp³-hybridized carbons (Fsp3) is 0.739. The van der Waals surface area contributed by atoms with Gasteiger partial charge in [-0.05, 0) is 32.4 Å². The summed E-state index contributed by atoms with van der Waals surface area (Å²) in [6.45, 7) is 8.71. The zero-order valence-corrected chi connectivity index (χ0v) is 17.0. The maximum Gasteiger partial charge on any atom is 0.124 e. The summed E-state index contributed by atoms with van der Waals surface area (Å²) in [4.78, 5) is 0. The Balaban J connectivity index is 2.26. The van der Waals surface area contributed by atoms with Crippen LogP contribution in [0, 0.1) is 0 Å². The lowest BCUT2D eigenvalue weighted by Gasteiger charge is -2.18. The van der Waals surface area contributed by atoms with E-state index < -0.39 is 0 Å². The minimum Gasteiger partial charge on any atom is -0.493 e. The van der Waals surface area contributed by atoms with Crippen LogP contribution in [-0.4, -0.2) is 13.2 Å². The standard InChI is InChI=1S/C23H41NO/c1-4-6-8-10-11-15-19-24-21(3)22-17-13-14-18-23(22)25-20-16-12-9-7-5-2/h13-14,17-18,21,24H,4-12,15-16,19-20H2,1-3H3. The average molecular weight is 348 g/mol. The van der Waals surface area contributed by atoms with Crippen LogP contribution in [0.4, 0.5) is 0 Å². The smallest absolute Gasteiger partial charge is 0.124 e. The topological polar surface area (TPSA) is 21.3 Å². The van der Waals surface area contributed by atoms with Crippen LogP contribution >= 0.6 is 0 Å². The first-order chi connectivity index (χ1) is 12.3. The summed E-state index contributed by atoms with van der Waals surface area (Å²) in [5.74, 6) is 1.06. The van der Waals surface area contributed by atoms with Gasteiger partial charge in [-0.25, -0.2) is 0 Å². The van der Waals surface area contributed by atoms with E-state index in [1.54, 1.807) is 0 Å². The van der Waals surface area contributed by atoms with Crippen molar-refractivity contribution in [2.45, 2.75) is 97.4 Å². The van der Waals surface area contributed by atoms with Gasteiger partial charge in [-0.15, -0.1) is 0 Å². The minimum absolute atomic E-state index is 0.354. The van der Waals surface area contributed by atoms with Crippen molar-refractivity contribution in [3.05, 3.63) is 29.8 Å². The molecule has 0 heterocycles. The predicted octanol–water partition coefficient (Wildman–Crippen LogP) is 7.05. The molecule has 0 fully saturated rings. The molecule has 0 aliphatic carbocycles. The molecule has 0 radical (unpaired) electrons. The highest BCUT2D eigenvalue weighted by Crippen LogP contribution is 2.25. The van der Waals surface area contributed by atoms with Crippen LogP contribution in [-0.2, 0) is 0 Å². The first-order valence-corrected chi connectivity index (χ1v) is 10.7.